The van der Waals surface area contributed by atoms with Gasteiger partial charge < -0.3 is 0 Å². The Hall–Kier alpha value is -0.640. The third-order valence-electron chi connectivity index (χ3n) is 1.61. The molecule has 0 saturated heterocycles. The summed E-state index contributed by atoms with van der Waals surface area (Å²) >= 11 is 0. The Morgan fingerprint density at radius 2 is 2.09 bits per heavy atom. The highest BCUT2D eigenvalue weighted by molar-refractivity contribution is 7.58. The summed E-state index contributed by atoms with van der Waals surface area (Å²) < 4.78 is 10.5. The molecule has 1 aromatic heterocycles. The molecule has 0 amide bonds. The van der Waals surface area contributed by atoms with Crippen LogP contribution in [0.3, 0.4) is 0 Å². The van der Waals surface area contributed by atoms with Gasteiger partial charge in [-0.15, -0.1) is 8.19 Å². The molecular formula is C8H6OP2. The molecule has 2 rings (SSSR count). The molecular weight excluding hydrogens is 174 g/mol. The van der Waals surface area contributed by atoms with Crippen LogP contribution in [0, 0.1) is 0 Å². The normalized spacial score (nSPS) is 11.6. The van der Waals surface area contributed by atoms with E-state index in [0.717, 1.165) is 5.04 Å². The molecule has 0 saturated carbocycles. The highest BCUT2D eigenvalue weighted by Crippen LogP contribution is 2.25. The maximum atomic E-state index is 10.5. The molecule has 11 heavy (non-hydrogen) atoms. The molecule has 1 aromatic carbocycles. The smallest absolute Gasteiger partial charge is 0.196 e. The summed E-state index contributed by atoms with van der Waals surface area (Å²) in [7, 11) is 0.779. The topological polar surface area (TPSA) is 17.1 Å². The molecule has 0 bridgehead atoms. The van der Waals surface area contributed by atoms with E-state index in [4.69, 9.17) is 0 Å². The third-order valence-corrected chi connectivity index (χ3v) is 3.67. The van der Waals surface area contributed by atoms with Gasteiger partial charge in [-0.25, -0.2) is 0 Å². The van der Waals surface area contributed by atoms with Crippen LogP contribution in [0.2, 0.25) is 0 Å². The second-order valence-corrected chi connectivity index (χ2v) is 4.75. The summed E-state index contributed by atoms with van der Waals surface area (Å²) in [4.78, 5) is 0. The Kier molecular flexibility index (Phi) is 1.77. The number of rotatable bonds is 1. The largest absolute Gasteiger partial charge is 0.269 e. The number of hydrogen-bond acceptors (Lipinski definition) is 1. The molecule has 1 atom stereocenters. The zero-order valence-corrected chi connectivity index (χ0v) is 7.64. The van der Waals surface area contributed by atoms with E-state index in [-0.39, 0.29) is 8.46 Å². The van der Waals surface area contributed by atoms with Crippen LogP contribution in [0.25, 0.3) is 10.5 Å². The van der Waals surface area contributed by atoms with E-state index >= 15 is 0 Å². The van der Waals surface area contributed by atoms with Crippen molar-refractivity contribution in [3.63, 3.8) is 0 Å². The van der Waals surface area contributed by atoms with E-state index in [9.17, 15) is 4.57 Å². The fraction of sp³-hybridized carbons (Fsp3) is 0. The van der Waals surface area contributed by atoms with Crippen molar-refractivity contribution in [2.75, 3.05) is 0 Å². The minimum atomic E-state index is 0.172. The zero-order valence-electron chi connectivity index (χ0n) is 5.74. The van der Waals surface area contributed by atoms with E-state index in [1.165, 1.54) is 10.5 Å². The monoisotopic (exact) mass is 180 g/mol. The van der Waals surface area contributed by atoms with Gasteiger partial charge >= 0.3 is 0 Å². The average Bonchev–Trinajstić information content (AvgIpc) is 2.46. The molecule has 0 aliphatic carbocycles. The molecule has 0 fully saturated rings. The molecule has 3 heteroatoms. The van der Waals surface area contributed by atoms with Crippen molar-refractivity contribution in [1.29, 1.82) is 0 Å². The zero-order chi connectivity index (χ0) is 7.68. The van der Waals surface area contributed by atoms with E-state index in [0.29, 0.717) is 8.19 Å². The van der Waals surface area contributed by atoms with E-state index in [1.54, 1.807) is 0 Å². The first-order chi connectivity index (χ1) is 5.40. The molecule has 1 nitrogen and oxygen atoms in total. The van der Waals surface area contributed by atoms with Crippen molar-refractivity contribution < 1.29 is 4.57 Å². The van der Waals surface area contributed by atoms with Crippen LogP contribution in [0.4, 0.5) is 0 Å². The molecule has 54 valence electrons. The summed E-state index contributed by atoms with van der Waals surface area (Å²) in [6, 6.07) is 10.2. The lowest BCUT2D eigenvalue weighted by atomic mass is 10.3. The summed E-state index contributed by atoms with van der Waals surface area (Å²) in [6.45, 7) is 0. The van der Waals surface area contributed by atoms with Gasteiger partial charge in [-0.3, -0.25) is 4.57 Å². The van der Waals surface area contributed by atoms with Crippen molar-refractivity contribution in [3.8, 4) is 0 Å². The molecule has 0 aliphatic heterocycles. The second-order valence-electron chi connectivity index (χ2n) is 2.33. The Morgan fingerprint density at radius 1 is 1.27 bits per heavy atom. The molecule has 2 aromatic rings. The van der Waals surface area contributed by atoms with Gasteiger partial charge in [0.1, 0.15) is 0 Å². The minimum Gasteiger partial charge on any atom is -0.269 e. The summed E-state index contributed by atoms with van der Waals surface area (Å²) in [5.74, 6) is 0. The van der Waals surface area contributed by atoms with Crippen molar-refractivity contribution in [1.82, 2.24) is 0 Å². The molecule has 1 unspecified atom stereocenters. The molecule has 0 N–H and O–H groups in total. The standard InChI is InChI=1S/C8H6OP2/c9-11-8-5-6-3-1-2-4-7(6)10-8/h1-5,10H. The first-order valence-electron chi connectivity index (χ1n) is 3.31. The maximum absolute atomic E-state index is 10.5. The summed E-state index contributed by atoms with van der Waals surface area (Å²) in [6.07, 6.45) is 0. The van der Waals surface area contributed by atoms with Crippen LogP contribution >= 0.6 is 16.7 Å². The average molecular weight is 180 g/mol. The lowest BCUT2D eigenvalue weighted by molar-refractivity contribution is 0.603. The first-order valence-corrected chi connectivity index (χ1v) is 5.12. The van der Waals surface area contributed by atoms with Gasteiger partial charge in [-0.2, -0.15) is 0 Å². The second kappa shape index (κ2) is 2.77. The van der Waals surface area contributed by atoms with Gasteiger partial charge in [-0.05, 0) is 16.6 Å². The van der Waals surface area contributed by atoms with Gasteiger partial charge in [-0.1, -0.05) is 24.3 Å². The van der Waals surface area contributed by atoms with E-state index in [2.05, 4.69) is 12.1 Å². The number of fused-ring (bicyclic) bond motifs is 1. The Labute approximate surface area is 67.7 Å². The van der Waals surface area contributed by atoms with Crippen molar-refractivity contribution in [2.24, 2.45) is 0 Å². The highest BCUT2D eigenvalue weighted by Gasteiger charge is 1.96. The number of benzene rings is 1. The predicted molar refractivity (Wildman–Crippen MR) is 50.7 cm³/mol. The van der Waals surface area contributed by atoms with Crippen LogP contribution in [-0.4, -0.2) is 0 Å². The molecule has 0 aliphatic rings. The van der Waals surface area contributed by atoms with Crippen molar-refractivity contribution in [2.45, 2.75) is 0 Å². The fourth-order valence-electron chi connectivity index (χ4n) is 1.11. The van der Waals surface area contributed by atoms with Crippen LogP contribution < -0.4 is 5.04 Å². The lowest BCUT2D eigenvalue weighted by Gasteiger charge is -1.83. The Balaban J connectivity index is 2.78. The van der Waals surface area contributed by atoms with Crippen LogP contribution in [0.5, 0.6) is 0 Å². The van der Waals surface area contributed by atoms with Gasteiger partial charge in [0.25, 0.3) is 0 Å². The summed E-state index contributed by atoms with van der Waals surface area (Å²) in [5.41, 5.74) is 0. The van der Waals surface area contributed by atoms with Crippen LogP contribution in [-0.2, 0) is 4.57 Å². The maximum Gasteiger partial charge on any atom is 0.196 e. The van der Waals surface area contributed by atoms with Gasteiger partial charge in [0.2, 0.25) is 0 Å². The molecule has 0 spiro atoms. The molecule has 0 radical (unpaired) electrons. The van der Waals surface area contributed by atoms with Crippen LogP contribution in [0.1, 0.15) is 0 Å². The Morgan fingerprint density at radius 3 is 2.82 bits per heavy atom. The first kappa shape index (κ1) is 7.03. The van der Waals surface area contributed by atoms with Crippen LogP contribution in [0.15, 0.2) is 30.3 Å². The molecule has 1 heterocycles. The van der Waals surface area contributed by atoms with Gasteiger partial charge in [0, 0.05) is 0 Å². The van der Waals surface area contributed by atoms with E-state index < -0.39 is 0 Å². The quantitative estimate of drug-likeness (QED) is 0.616. The van der Waals surface area contributed by atoms with Crippen molar-refractivity contribution in [3.05, 3.63) is 30.3 Å². The van der Waals surface area contributed by atoms with Gasteiger partial charge in [0.05, 0.1) is 5.04 Å². The van der Waals surface area contributed by atoms with Gasteiger partial charge in [0.15, 0.2) is 8.46 Å². The van der Waals surface area contributed by atoms with E-state index in [1.807, 2.05) is 18.2 Å². The summed E-state index contributed by atoms with van der Waals surface area (Å²) in [5, 5.41) is 3.54. The third kappa shape index (κ3) is 1.22. The SMILES string of the molecule is O=Pc1cc2ccccc2[pH]1. The van der Waals surface area contributed by atoms with Crippen molar-refractivity contribution >= 4 is 32.2 Å². The highest BCUT2D eigenvalue weighted by atomic mass is 31.1. The lowest BCUT2D eigenvalue weighted by Crippen LogP contribution is -1.71. The fourth-order valence-corrected chi connectivity index (χ4v) is 2.83. The number of hydrogen-bond donors (Lipinski definition) is 0. The predicted octanol–water partition coefficient (Wildman–Crippen LogP) is 2.79. The minimum absolute atomic E-state index is 0.172. The Bertz CT molecular complexity index is 359.